The number of ether oxygens (including phenoxy) is 2. The summed E-state index contributed by atoms with van der Waals surface area (Å²) in [5.74, 6) is -0.604. The van der Waals surface area contributed by atoms with E-state index in [0.717, 1.165) is 20.3 Å². The quantitative estimate of drug-likeness (QED) is 0.0548. The number of halogens is 2. The first-order valence-electron chi connectivity index (χ1n) is 18.9. The Morgan fingerprint density at radius 2 is 1.32 bits per heavy atom. The van der Waals surface area contributed by atoms with Gasteiger partial charge in [0.25, 0.3) is 22.5 Å². The Bertz CT molecular complexity index is 2740. The molecule has 3 heterocycles. The van der Waals surface area contributed by atoms with E-state index in [4.69, 9.17) is 9.47 Å². The number of rotatable bonds is 16. The molecule has 19 heteroatoms. The lowest BCUT2D eigenvalue weighted by Gasteiger charge is -2.39. The van der Waals surface area contributed by atoms with Crippen molar-refractivity contribution in [3.8, 4) is 17.1 Å². The molecular weight excluding hydrogens is 861 g/mol. The summed E-state index contributed by atoms with van der Waals surface area (Å²) in [5, 5.41) is 8.61. The van der Waals surface area contributed by atoms with Crippen molar-refractivity contribution in [3.63, 3.8) is 0 Å². The Morgan fingerprint density at radius 1 is 0.758 bits per heavy atom. The zero-order valence-electron chi connectivity index (χ0n) is 32.7. The molecule has 7 aromatic rings. The second-order valence-electron chi connectivity index (χ2n) is 14.0. The number of carbonyl (C=O) groups is 1. The zero-order chi connectivity index (χ0) is 43.3. The van der Waals surface area contributed by atoms with Crippen LogP contribution in [0.2, 0.25) is 0 Å². The molecule has 14 nitrogen and oxygen atoms in total. The first kappa shape index (κ1) is 42.5. The summed E-state index contributed by atoms with van der Waals surface area (Å²) in [6.45, 7) is 1.65. The Kier molecular flexibility index (Phi) is 12.9. The minimum Gasteiger partial charge on any atom is -0.488 e. The van der Waals surface area contributed by atoms with E-state index in [9.17, 15) is 31.1 Å². The minimum atomic E-state index is -2.63. The summed E-state index contributed by atoms with van der Waals surface area (Å²) in [6, 6.07) is 31.5. The van der Waals surface area contributed by atoms with E-state index in [2.05, 4.69) is 15.1 Å². The van der Waals surface area contributed by atoms with Gasteiger partial charge in [-0.25, -0.2) is 40.0 Å². The molecule has 0 bridgehead atoms. The number of methoxy groups -OCH3 is 1. The van der Waals surface area contributed by atoms with Crippen LogP contribution in [0.4, 0.5) is 31.5 Å². The molecule has 318 valence electrons. The van der Waals surface area contributed by atoms with Crippen molar-refractivity contribution in [1.82, 2.24) is 24.5 Å². The second kappa shape index (κ2) is 18.8. The maximum Gasteiger partial charge on any atom is 0.340 e. The van der Waals surface area contributed by atoms with Crippen molar-refractivity contribution in [2.75, 3.05) is 28.8 Å². The lowest BCUT2D eigenvalue weighted by molar-refractivity contribution is 0.0144. The molecule has 0 amide bonds. The van der Waals surface area contributed by atoms with Gasteiger partial charge in [-0.2, -0.15) is 10.2 Å². The molecule has 5 aromatic carbocycles. The number of hydrogen-bond donors (Lipinski definition) is 2. The predicted molar refractivity (Wildman–Crippen MR) is 233 cm³/mol. The topological polar surface area (TPSA) is 155 Å². The fraction of sp³-hybridized carbons (Fsp3) is 0.140. The van der Waals surface area contributed by atoms with Gasteiger partial charge < -0.3 is 9.47 Å². The molecule has 0 radical (unpaired) electrons. The molecule has 8 rings (SSSR count). The van der Waals surface area contributed by atoms with Crippen molar-refractivity contribution in [2.24, 2.45) is 0 Å². The maximum absolute atomic E-state index is 13.6. The van der Waals surface area contributed by atoms with Gasteiger partial charge in [-0.1, -0.05) is 36.4 Å². The van der Waals surface area contributed by atoms with Crippen LogP contribution < -0.4 is 13.3 Å². The van der Waals surface area contributed by atoms with Crippen LogP contribution in [0.25, 0.3) is 11.4 Å². The summed E-state index contributed by atoms with van der Waals surface area (Å²) in [5.41, 5.74) is 4.27. The van der Waals surface area contributed by atoms with E-state index >= 15 is 0 Å². The third-order valence-electron chi connectivity index (χ3n) is 9.81. The number of benzene rings is 5. The molecule has 0 saturated carbocycles. The first-order valence-corrected chi connectivity index (χ1v) is 22.0. The largest absolute Gasteiger partial charge is 0.488 e. The maximum atomic E-state index is 13.6. The molecule has 0 spiro atoms. The molecule has 0 aliphatic carbocycles. The lowest BCUT2D eigenvalue weighted by atomic mass is 10.1. The highest BCUT2D eigenvalue weighted by Gasteiger charge is 2.31. The van der Waals surface area contributed by atoms with Crippen LogP contribution in [0.1, 0.15) is 21.5 Å². The van der Waals surface area contributed by atoms with Gasteiger partial charge in [-0.05, 0) is 90.0 Å². The van der Waals surface area contributed by atoms with Crippen LogP contribution in [0, 0.1) is 11.6 Å². The number of carbonyl (C=O) groups excluding carboxylic acids is 1. The molecular formula is C43H37F2N7O7S3. The van der Waals surface area contributed by atoms with Crippen LogP contribution in [-0.4, -0.2) is 74.3 Å². The number of thioether (sulfide) groups is 1. The summed E-state index contributed by atoms with van der Waals surface area (Å²) in [7, 11) is 1.21. The second-order valence-corrected chi connectivity index (χ2v) is 16.6. The van der Waals surface area contributed by atoms with Crippen LogP contribution >= 0.6 is 11.8 Å². The summed E-state index contributed by atoms with van der Waals surface area (Å²) in [6.07, 6.45) is 5.68. The standard InChI is InChI=1S/C43H37F2N7O7S3/c1-58-43(53)39-20-37(16-18-40(39)51(61(54)55)35-21-46-49(24-35)33-12-8-31(44)9-13-33)59-38-26-48(27-38)23-30-7-17-41(42(19-30)60-28-29-5-3-2-4-6-29)52(62(56)57)36-22-47-50(25-36)34-14-10-32(45)11-15-34/h2-22,24-25,38H,23,26-28H2,1H3,(H,54,55)(H,56,57). The molecule has 2 aromatic heterocycles. The Balaban J connectivity index is 0.977. The summed E-state index contributed by atoms with van der Waals surface area (Å²) < 4.78 is 90.2. The van der Waals surface area contributed by atoms with E-state index in [1.165, 1.54) is 99.7 Å². The number of nitrogens with zero attached hydrogens (tertiary/aromatic N) is 7. The lowest BCUT2D eigenvalue weighted by Crippen LogP contribution is -2.53. The summed E-state index contributed by atoms with van der Waals surface area (Å²) >= 11 is -3.56. The van der Waals surface area contributed by atoms with Crippen LogP contribution in [-0.2, 0) is 39.6 Å². The van der Waals surface area contributed by atoms with Crippen LogP contribution in [0.15, 0.2) is 145 Å². The van der Waals surface area contributed by atoms with Gasteiger partial charge in [0.05, 0.1) is 71.6 Å². The molecule has 1 fully saturated rings. The number of likely N-dealkylation sites (tertiary alicyclic amines) is 1. The third kappa shape index (κ3) is 9.62. The molecule has 2 atom stereocenters. The predicted octanol–water partition coefficient (Wildman–Crippen LogP) is 8.23. The van der Waals surface area contributed by atoms with Gasteiger partial charge in [0, 0.05) is 30.3 Å². The normalized spacial score (nSPS) is 13.9. The minimum absolute atomic E-state index is 0.0145. The molecule has 1 aliphatic heterocycles. The van der Waals surface area contributed by atoms with E-state index in [1.54, 1.807) is 24.4 Å². The highest BCUT2D eigenvalue weighted by molar-refractivity contribution is 7.98. The molecule has 1 aliphatic rings. The van der Waals surface area contributed by atoms with Crippen molar-refractivity contribution in [2.45, 2.75) is 23.3 Å². The van der Waals surface area contributed by atoms with Gasteiger partial charge >= 0.3 is 5.97 Å². The van der Waals surface area contributed by atoms with Gasteiger partial charge in [-0.15, -0.1) is 11.8 Å². The SMILES string of the molecule is COC(=O)c1cc(OC2CN(Cc3ccc(N(c4cnn(-c5ccc(F)cc5)c4)S(=O)O)c(SCc4ccccc4)c3)C2)ccc1N(c1cnn(-c2ccc(F)cc2)c1)S(=O)O. The molecule has 2 N–H and O–H groups in total. The third-order valence-corrected chi connectivity index (χ3v) is 12.4. The van der Waals surface area contributed by atoms with E-state index in [0.29, 0.717) is 53.9 Å². The average Bonchev–Trinajstić information content (AvgIpc) is 3.95. The van der Waals surface area contributed by atoms with Crippen molar-refractivity contribution in [3.05, 3.63) is 168 Å². The number of anilines is 4. The fourth-order valence-corrected chi connectivity index (χ4v) is 9.14. The number of hydrogen-bond acceptors (Lipinski definition) is 9. The zero-order valence-corrected chi connectivity index (χ0v) is 35.2. The molecule has 2 unspecified atom stereocenters. The van der Waals surface area contributed by atoms with E-state index in [1.807, 2.05) is 48.5 Å². The molecule has 62 heavy (non-hydrogen) atoms. The van der Waals surface area contributed by atoms with Gasteiger partial charge in [0.2, 0.25) is 0 Å². The Hall–Kier alpha value is -6.22. The van der Waals surface area contributed by atoms with E-state index in [-0.39, 0.29) is 28.9 Å². The number of aromatic nitrogens is 4. The Morgan fingerprint density at radius 3 is 1.89 bits per heavy atom. The average molecular weight is 898 g/mol. The molecule has 1 saturated heterocycles. The Labute approximate surface area is 364 Å². The fourth-order valence-electron chi connectivity index (χ4n) is 6.82. The highest BCUT2D eigenvalue weighted by Crippen LogP contribution is 2.39. The van der Waals surface area contributed by atoms with Crippen molar-refractivity contribution < 1.29 is 40.6 Å². The van der Waals surface area contributed by atoms with Gasteiger partial charge in [0.15, 0.2) is 0 Å². The smallest absolute Gasteiger partial charge is 0.340 e. The van der Waals surface area contributed by atoms with Crippen LogP contribution in [0.5, 0.6) is 5.75 Å². The highest BCUT2D eigenvalue weighted by atomic mass is 32.2. The summed E-state index contributed by atoms with van der Waals surface area (Å²) in [4.78, 5) is 16.0. The van der Waals surface area contributed by atoms with Crippen LogP contribution in [0.3, 0.4) is 0 Å². The monoisotopic (exact) mass is 897 g/mol. The van der Waals surface area contributed by atoms with Gasteiger partial charge in [-0.3, -0.25) is 14.0 Å². The number of esters is 1. The van der Waals surface area contributed by atoms with Crippen molar-refractivity contribution in [1.29, 1.82) is 0 Å². The van der Waals surface area contributed by atoms with Gasteiger partial charge in [0.1, 0.15) is 23.5 Å². The first-order chi connectivity index (χ1) is 30.0. The van der Waals surface area contributed by atoms with E-state index < -0.39 is 34.3 Å². The van der Waals surface area contributed by atoms with Crippen molar-refractivity contribution >= 4 is 63.0 Å².